The van der Waals surface area contributed by atoms with Gasteiger partial charge in [-0.15, -0.1) is 12.4 Å². The van der Waals surface area contributed by atoms with Crippen LogP contribution in [0.15, 0.2) is 11.1 Å². The number of rotatable bonds is 2. The summed E-state index contributed by atoms with van der Waals surface area (Å²) >= 11 is 3.35. The van der Waals surface area contributed by atoms with E-state index in [0.717, 1.165) is 11.0 Å². The number of nitrogens with zero attached hydrogens (tertiary/aromatic N) is 1. The quantitative estimate of drug-likeness (QED) is 0.699. The molecule has 0 radical (unpaired) electrons. The van der Waals surface area contributed by atoms with Crippen LogP contribution in [0, 0.1) is 0 Å². The van der Waals surface area contributed by atoms with Crippen molar-refractivity contribution in [2.45, 2.75) is 12.8 Å². The number of hydrogen-bond acceptors (Lipinski definition) is 1. The van der Waals surface area contributed by atoms with Crippen molar-refractivity contribution in [2.24, 2.45) is 0 Å². The van der Waals surface area contributed by atoms with Crippen molar-refractivity contribution in [3.8, 4) is 0 Å². The zero-order chi connectivity index (χ0) is 6.69. The second-order valence-electron chi connectivity index (χ2n) is 2.50. The van der Waals surface area contributed by atoms with Crippen LogP contribution in [-0.4, -0.2) is 24.5 Å². The Hall–Kier alpha value is 0.470. The maximum absolute atomic E-state index is 3.79. The van der Waals surface area contributed by atoms with E-state index in [4.69, 9.17) is 0 Å². The zero-order valence-electron chi connectivity index (χ0n) is 5.98. The molecule has 3 heteroatoms. The summed E-state index contributed by atoms with van der Waals surface area (Å²) in [5.41, 5.74) is 0. The van der Waals surface area contributed by atoms with E-state index < -0.39 is 0 Å². The average molecular weight is 227 g/mol. The van der Waals surface area contributed by atoms with Crippen LogP contribution in [0.4, 0.5) is 0 Å². The monoisotopic (exact) mass is 225 g/mol. The molecule has 1 nitrogen and oxygen atoms in total. The fourth-order valence-electron chi connectivity index (χ4n) is 1.18. The van der Waals surface area contributed by atoms with E-state index in [9.17, 15) is 0 Å². The van der Waals surface area contributed by atoms with Gasteiger partial charge in [-0.1, -0.05) is 22.5 Å². The van der Waals surface area contributed by atoms with Crippen molar-refractivity contribution in [3.63, 3.8) is 0 Å². The van der Waals surface area contributed by atoms with Gasteiger partial charge < -0.3 is 0 Å². The van der Waals surface area contributed by atoms with Crippen LogP contribution in [0.5, 0.6) is 0 Å². The summed E-state index contributed by atoms with van der Waals surface area (Å²) in [5.74, 6) is 0. The Morgan fingerprint density at radius 3 is 2.30 bits per heavy atom. The van der Waals surface area contributed by atoms with Gasteiger partial charge in [0.2, 0.25) is 0 Å². The predicted molar refractivity (Wildman–Crippen MR) is 51.0 cm³/mol. The minimum Gasteiger partial charge on any atom is -0.299 e. The van der Waals surface area contributed by atoms with Gasteiger partial charge in [-0.05, 0) is 25.9 Å². The van der Waals surface area contributed by atoms with Crippen molar-refractivity contribution in [3.05, 3.63) is 11.1 Å². The molecule has 0 aromatic rings. The fraction of sp³-hybridized carbons (Fsp3) is 0.714. The molecule has 0 N–H and O–H groups in total. The third-order valence-corrected chi connectivity index (χ3v) is 1.84. The highest BCUT2D eigenvalue weighted by molar-refractivity contribution is 9.11. The van der Waals surface area contributed by atoms with Crippen molar-refractivity contribution in [1.29, 1.82) is 0 Å². The molecular formula is C7H13BrClN. The van der Waals surface area contributed by atoms with Crippen molar-refractivity contribution in [2.75, 3.05) is 19.6 Å². The summed E-state index contributed by atoms with van der Waals surface area (Å²) in [5, 5.41) is 0. The van der Waals surface area contributed by atoms with Gasteiger partial charge in [-0.25, -0.2) is 0 Å². The van der Waals surface area contributed by atoms with Crippen LogP contribution in [0.2, 0.25) is 0 Å². The van der Waals surface area contributed by atoms with Crippen LogP contribution < -0.4 is 0 Å². The van der Waals surface area contributed by atoms with E-state index in [1.54, 1.807) is 0 Å². The zero-order valence-corrected chi connectivity index (χ0v) is 8.38. The second-order valence-corrected chi connectivity index (χ2v) is 3.62. The largest absolute Gasteiger partial charge is 0.299 e. The predicted octanol–water partition coefficient (Wildman–Crippen LogP) is 2.41. The van der Waals surface area contributed by atoms with Crippen LogP contribution >= 0.6 is 28.3 Å². The molecule has 0 bridgehead atoms. The molecule has 1 fully saturated rings. The van der Waals surface area contributed by atoms with Crippen molar-refractivity contribution < 1.29 is 0 Å². The maximum atomic E-state index is 3.79. The van der Waals surface area contributed by atoms with Crippen molar-refractivity contribution in [1.82, 2.24) is 4.90 Å². The molecule has 1 heterocycles. The molecule has 0 atom stereocenters. The summed E-state index contributed by atoms with van der Waals surface area (Å²) in [6.07, 6.45) is 2.72. The lowest BCUT2D eigenvalue weighted by atomic mass is 10.4. The van der Waals surface area contributed by atoms with E-state index in [2.05, 4.69) is 27.4 Å². The SMILES string of the molecule is C=C(Br)CN1CCCC1.Cl. The van der Waals surface area contributed by atoms with E-state index in [-0.39, 0.29) is 12.4 Å². The van der Waals surface area contributed by atoms with Crippen molar-refractivity contribution >= 4 is 28.3 Å². The lowest BCUT2D eigenvalue weighted by Crippen LogP contribution is -2.19. The minimum absolute atomic E-state index is 0. The van der Waals surface area contributed by atoms with Crippen LogP contribution in [0.25, 0.3) is 0 Å². The third kappa shape index (κ3) is 3.59. The highest BCUT2D eigenvalue weighted by atomic mass is 79.9. The van der Waals surface area contributed by atoms with Gasteiger partial charge in [-0.2, -0.15) is 0 Å². The number of likely N-dealkylation sites (tertiary alicyclic amines) is 1. The Morgan fingerprint density at radius 2 is 1.90 bits per heavy atom. The molecule has 10 heavy (non-hydrogen) atoms. The van der Waals surface area contributed by atoms with Gasteiger partial charge in [0.25, 0.3) is 0 Å². The lowest BCUT2D eigenvalue weighted by molar-refractivity contribution is 0.376. The van der Waals surface area contributed by atoms with Crippen LogP contribution in [0.3, 0.4) is 0 Å². The van der Waals surface area contributed by atoms with E-state index in [1.807, 2.05) is 0 Å². The molecule has 0 aromatic carbocycles. The third-order valence-electron chi connectivity index (χ3n) is 1.59. The molecule has 1 saturated heterocycles. The summed E-state index contributed by atoms with van der Waals surface area (Å²) in [4.78, 5) is 2.41. The summed E-state index contributed by atoms with van der Waals surface area (Å²) in [7, 11) is 0. The smallest absolute Gasteiger partial charge is 0.0293 e. The van der Waals surface area contributed by atoms with Gasteiger partial charge >= 0.3 is 0 Å². The molecule has 0 unspecified atom stereocenters. The Morgan fingerprint density at radius 1 is 1.40 bits per heavy atom. The van der Waals surface area contributed by atoms with Gasteiger partial charge in [0, 0.05) is 11.0 Å². The molecule has 1 aliphatic heterocycles. The molecule has 60 valence electrons. The molecule has 1 rings (SSSR count). The molecule has 1 aliphatic rings. The second kappa shape index (κ2) is 5.16. The summed E-state index contributed by atoms with van der Waals surface area (Å²) < 4.78 is 1.10. The topological polar surface area (TPSA) is 3.24 Å². The molecule has 0 amide bonds. The Balaban J connectivity index is 0.000000810. The first-order chi connectivity index (χ1) is 4.29. The standard InChI is InChI=1S/C7H12BrN.ClH/c1-7(8)6-9-4-2-3-5-9;/h1-6H2;1H. The molecule has 0 saturated carbocycles. The maximum Gasteiger partial charge on any atom is 0.0293 e. The van der Waals surface area contributed by atoms with Gasteiger partial charge in [0.05, 0.1) is 0 Å². The summed E-state index contributed by atoms with van der Waals surface area (Å²) in [6.45, 7) is 7.33. The fourth-order valence-corrected chi connectivity index (χ4v) is 1.54. The molecule has 0 aromatic heterocycles. The minimum atomic E-state index is 0. The van der Waals surface area contributed by atoms with Gasteiger partial charge in [-0.3, -0.25) is 4.90 Å². The van der Waals surface area contributed by atoms with Crippen LogP contribution in [0.1, 0.15) is 12.8 Å². The Bertz CT molecular complexity index is 110. The highest BCUT2D eigenvalue weighted by Crippen LogP contribution is 2.11. The highest BCUT2D eigenvalue weighted by Gasteiger charge is 2.10. The van der Waals surface area contributed by atoms with E-state index in [1.165, 1.54) is 25.9 Å². The van der Waals surface area contributed by atoms with E-state index >= 15 is 0 Å². The first-order valence-corrected chi connectivity index (χ1v) is 4.14. The normalized spacial score (nSPS) is 18.5. The first kappa shape index (κ1) is 10.5. The van der Waals surface area contributed by atoms with Gasteiger partial charge in [0.15, 0.2) is 0 Å². The number of hydrogen-bond donors (Lipinski definition) is 0. The molecule has 0 aliphatic carbocycles. The lowest BCUT2D eigenvalue weighted by Gasteiger charge is -2.12. The van der Waals surface area contributed by atoms with Gasteiger partial charge in [0.1, 0.15) is 0 Å². The molecular weight excluding hydrogens is 213 g/mol. The first-order valence-electron chi connectivity index (χ1n) is 3.34. The Kier molecular flexibility index (Phi) is 5.41. The molecule has 0 spiro atoms. The number of halogens is 2. The average Bonchev–Trinajstić information content (AvgIpc) is 2.15. The summed E-state index contributed by atoms with van der Waals surface area (Å²) in [6, 6.07) is 0. The Labute approximate surface area is 77.0 Å². The van der Waals surface area contributed by atoms with Crippen LogP contribution in [-0.2, 0) is 0 Å². The van der Waals surface area contributed by atoms with E-state index in [0.29, 0.717) is 0 Å².